The van der Waals surface area contributed by atoms with Crippen LogP contribution in [0.2, 0.25) is 0 Å². The van der Waals surface area contributed by atoms with E-state index in [9.17, 15) is 4.79 Å². The van der Waals surface area contributed by atoms with Gasteiger partial charge in [0.1, 0.15) is 5.01 Å². The Bertz CT molecular complexity index is 463. The molecule has 1 aliphatic rings. The molecule has 0 spiro atoms. The molecule has 3 N–H and O–H groups in total. The zero-order valence-corrected chi connectivity index (χ0v) is 13.9. The number of hydrogen-bond donors (Lipinski definition) is 2. The molecule has 1 aromatic rings. The van der Waals surface area contributed by atoms with Gasteiger partial charge >= 0.3 is 0 Å². The molecule has 0 bridgehead atoms. The molecule has 0 saturated heterocycles. The van der Waals surface area contributed by atoms with Gasteiger partial charge in [0.05, 0.1) is 5.54 Å². The molecule has 114 valence electrons. The van der Waals surface area contributed by atoms with Gasteiger partial charge in [0.2, 0.25) is 11.0 Å². The third kappa shape index (κ3) is 3.90. The topological polar surface area (TPSA) is 80.9 Å². The largest absolute Gasteiger partial charge is 0.317 e. The summed E-state index contributed by atoms with van der Waals surface area (Å²) in [5.74, 6) is -0.121. The normalized spacial score (nSPS) is 18.2. The van der Waals surface area contributed by atoms with Crippen molar-refractivity contribution in [3.63, 3.8) is 0 Å². The summed E-state index contributed by atoms with van der Waals surface area (Å²) in [7, 11) is 0. The molecule has 2 rings (SSSR count). The number of anilines is 1. The van der Waals surface area contributed by atoms with Crippen molar-refractivity contribution in [2.45, 2.75) is 63.8 Å². The zero-order chi connectivity index (χ0) is 14.1. The molecule has 0 unspecified atom stereocenters. The van der Waals surface area contributed by atoms with Gasteiger partial charge in [0, 0.05) is 5.41 Å². The summed E-state index contributed by atoms with van der Waals surface area (Å²) in [5, 5.41) is 12.4. The average molecular weight is 319 g/mol. The second-order valence-electron chi connectivity index (χ2n) is 6.33. The Morgan fingerprint density at radius 1 is 1.25 bits per heavy atom. The van der Waals surface area contributed by atoms with E-state index in [2.05, 4.69) is 36.3 Å². The van der Waals surface area contributed by atoms with Gasteiger partial charge in [0.15, 0.2) is 0 Å². The molecule has 0 radical (unpaired) electrons. The van der Waals surface area contributed by atoms with Gasteiger partial charge in [-0.2, -0.15) is 0 Å². The van der Waals surface area contributed by atoms with E-state index in [1.54, 1.807) is 0 Å². The van der Waals surface area contributed by atoms with Gasteiger partial charge in [-0.05, 0) is 12.8 Å². The number of carbonyl (C=O) groups is 1. The van der Waals surface area contributed by atoms with Gasteiger partial charge in [-0.15, -0.1) is 22.6 Å². The smallest absolute Gasteiger partial charge is 0.246 e. The Morgan fingerprint density at radius 2 is 1.85 bits per heavy atom. The molecular weight excluding hydrogens is 296 g/mol. The minimum atomic E-state index is -0.730. The number of amides is 1. The lowest BCUT2D eigenvalue weighted by Gasteiger charge is -2.31. The second-order valence-corrected chi connectivity index (χ2v) is 7.31. The monoisotopic (exact) mass is 318 g/mol. The number of nitrogens with two attached hydrogens (primary N) is 1. The number of nitrogens with one attached hydrogen (secondary N) is 1. The number of rotatable bonds is 2. The average Bonchev–Trinajstić information content (AvgIpc) is 2.78. The van der Waals surface area contributed by atoms with Crippen molar-refractivity contribution in [1.29, 1.82) is 0 Å². The van der Waals surface area contributed by atoms with E-state index in [4.69, 9.17) is 5.73 Å². The molecule has 5 nitrogen and oxygen atoms in total. The highest BCUT2D eigenvalue weighted by molar-refractivity contribution is 7.15. The third-order valence-corrected chi connectivity index (χ3v) is 4.75. The van der Waals surface area contributed by atoms with Crippen LogP contribution in [0.25, 0.3) is 0 Å². The van der Waals surface area contributed by atoms with Gasteiger partial charge in [-0.3, -0.25) is 10.1 Å². The molecule has 0 atom stereocenters. The van der Waals surface area contributed by atoms with Crippen LogP contribution >= 0.6 is 23.7 Å². The highest BCUT2D eigenvalue weighted by Gasteiger charge is 2.35. The van der Waals surface area contributed by atoms with Gasteiger partial charge in [-0.25, -0.2) is 0 Å². The minimum Gasteiger partial charge on any atom is -0.317 e. The maximum Gasteiger partial charge on any atom is 0.246 e. The number of carbonyl (C=O) groups excluding carboxylic acids is 1. The Labute approximate surface area is 130 Å². The van der Waals surface area contributed by atoms with Crippen LogP contribution in [0.15, 0.2) is 0 Å². The van der Waals surface area contributed by atoms with Crippen molar-refractivity contribution in [3.05, 3.63) is 5.01 Å². The summed E-state index contributed by atoms with van der Waals surface area (Å²) in [6.07, 6.45) is 4.72. The Kier molecular flexibility index (Phi) is 5.52. The van der Waals surface area contributed by atoms with E-state index in [1.807, 2.05) is 0 Å². The molecule has 1 fully saturated rings. The molecule has 1 aromatic heterocycles. The lowest BCUT2D eigenvalue weighted by atomic mass is 9.82. The van der Waals surface area contributed by atoms with Crippen molar-refractivity contribution in [2.75, 3.05) is 5.32 Å². The van der Waals surface area contributed by atoms with Crippen LogP contribution in [0.3, 0.4) is 0 Å². The standard InChI is InChI=1S/C13H22N4OS.ClH/c1-12(2,3)10-16-17-11(19-10)15-9(18)13(14)7-5-4-6-8-13;/h4-8,14H2,1-3H3,(H,15,17,18);1H. The van der Waals surface area contributed by atoms with Crippen molar-refractivity contribution in [1.82, 2.24) is 10.2 Å². The van der Waals surface area contributed by atoms with Crippen LogP contribution in [0, 0.1) is 0 Å². The van der Waals surface area contributed by atoms with Gasteiger partial charge in [-0.1, -0.05) is 51.4 Å². The molecule has 1 aliphatic carbocycles. The van der Waals surface area contributed by atoms with E-state index >= 15 is 0 Å². The van der Waals surface area contributed by atoms with Gasteiger partial charge in [0.25, 0.3) is 0 Å². The first-order chi connectivity index (χ1) is 8.81. The Hall–Kier alpha value is -0.720. The van der Waals surface area contributed by atoms with Crippen molar-refractivity contribution < 1.29 is 4.79 Å². The molecule has 1 saturated carbocycles. The molecule has 1 heterocycles. The van der Waals surface area contributed by atoms with Crippen LogP contribution in [0.5, 0.6) is 0 Å². The SMILES string of the molecule is CC(C)(C)c1nnc(NC(=O)C2(N)CCCCC2)s1.Cl. The van der Waals surface area contributed by atoms with Crippen molar-refractivity contribution in [3.8, 4) is 0 Å². The molecule has 7 heteroatoms. The fourth-order valence-corrected chi connectivity index (χ4v) is 3.00. The molecule has 0 aromatic carbocycles. The van der Waals surface area contributed by atoms with Crippen LogP contribution in [-0.4, -0.2) is 21.6 Å². The first-order valence-electron chi connectivity index (χ1n) is 6.76. The number of halogens is 1. The predicted molar refractivity (Wildman–Crippen MR) is 84.5 cm³/mol. The fraction of sp³-hybridized carbons (Fsp3) is 0.769. The first-order valence-corrected chi connectivity index (χ1v) is 7.57. The predicted octanol–water partition coefficient (Wildman–Crippen LogP) is 2.86. The molecular formula is C13H23ClN4OS. The fourth-order valence-electron chi connectivity index (χ4n) is 2.21. The highest BCUT2D eigenvalue weighted by Crippen LogP contribution is 2.30. The number of nitrogens with zero attached hydrogens (tertiary/aromatic N) is 2. The molecule has 0 aliphatic heterocycles. The van der Waals surface area contributed by atoms with Crippen LogP contribution < -0.4 is 11.1 Å². The van der Waals surface area contributed by atoms with E-state index in [0.717, 1.165) is 30.7 Å². The molecule has 1 amide bonds. The van der Waals surface area contributed by atoms with Crippen LogP contribution in [0.1, 0.15) is 57.9 Å². The zero-order valence-electron chi connectivity index (χ0n) is 12.2. The minimum absolute atomic E-state index is 0. The van der Waals surface area contributed by atoms with Gasteiger partial charge < -0.3 is 5.73 Å². The number of hydrogen-bond acceptors (Lipinski definition) is 5. The van der Waals surface area contributed by atoms with E-state index in [0.29, 0.717) is 5.13 Å². The lowest BCUT2D eigenvalue weighted by molar-refractivity contribution is -0.122. The van der Waals surface area contributed by atoms with Crippen molar-refractivity contribution >= 4 is 34.8 Å². The Morgan fingerprint density at radius 3 is 2.35 bits per heavy atom. The van der Waals surface area contributed by atoms with Crippen LogP contribution in [0.4, 0.5) is 5.13 Å². The molecule has 20 heavy (non-hydrogen) atoms. The number of aromatic nitrogens is 2. The maximum atomic E-state index is 12.3. The Balaban J connectivity index is 0.00000200. The van der Waals surface area contributed by atoms with E-state index in [1.165, 1.54) is 17.8 Å². The lowest BCUT2D eigenvalue weighted by Crippen LogP contribution is -2.52. The quantitative estimate of drug-likeness (QED) is 0.878. The van der Waals surface area contributed by atoms with Crippen LogP contribution in [-0.2, 0) is 10.2 Å². The summed E-state index contributed by atoms with van der Waals surface area (Å²) in [4.78, 5) is 12.3. The first kappa shape index (κ1) is 17.3. The second kappa shape index (κ2) is 6.37. The summed E-state index contributed by atoms with van der Waals surface area (Å²) in [6.45, 7) is 6.22. The third-order valence-electron chi connectivity index (χ3n) is 3.49. The highest BCUT2D eigenvalue weighted by atomic mass is 35.5. The maximum absolute atomic E-state index is 12.3. The van der Waals surface area contributed by atoms with E-state index < -0.39 is 5.54 Å². The summed E-state index contributed by atoms with van der Waals surface area (Å²) >= 11 is 1.42. The van der Waals surface area contributed by atoms with E-state index in [-0.39, 0.29) is 23.7 Å². The van der Waals surface area contributed by atoms with Crippen molar-refractivity contribution in [2.24, 2.45) is 5.73 Å². The summed E-state index contributed by atoms with van der Waals surface area (Å²) in [5.41, 5.74) is 5.41. The summed E-state index contributed by atoms with van der Waals surface area (Å²) in [6, 6.07) is 0. The summed E-state index contributed by atoms with van der Waals surface area (Å²) < 4.78 is 0.